The molecule has 1 fully saturated rings. The first kappa shape index (κ1) is 16.1. The van der Waals surface area contributed by atoms with Gasteiger partial charge in [0, 0.05) is 35.3 Å². The molecule has 2 aromatic rings. The number of pyridine rings is 1. The molecule has 1 aliphatic heterocycles. The maximum absolute atomic E-state index is 12.5. The molecule has 0 bridgehead atoms. The largest absolute Gasteiger partial charge is 0.381 e. The molecule has 1 N–H and O–H groups in total. The molecule has 0 aliphatic carbocycles. The molecule has 22 heavy (non-hydrogen) atoms. The maximum atomic E-state index is 12.5. The van der Waals surface area contributed by atoms with Gasteiger partial charge in [0.1, 0.15) is 4.90 Å². The van der Waals surface area contributed by atoms with E-state index in [-0.39, 0.29) is 16.0 Å². The van der Waals surface area contributed by atoms with Crippen LogP contribution in [0.4, 0.5) is 0 Å². The molecule has 0 amide bonds. The van der Waals surface area contributed by atoms with Crippen LogP contribution in [-0.2, 0) is 14.8 Å². The van der Waals surface area contributed by atoms with Crippen molar-refractivity contribution in [1.82, 2.24) is 9.71 Å². The van der Waals surface area contributed by atoms with Crippen molar-refractivity contribution in [3.05, 3.63) is 33.9 Å². The van der Waals surface area contributed by atoms with Gasteiger partial charge < -0.3 is 4.74 Å². The Morgan fingerprint density at radius 1 is 1.32 bits per heavy atom. The molecule has 2 heterocycles. The average Bonchev–Trinajstić information content (AvgIpc) is 2.47. The first-order chi connectivity index (χ1) is 10.5. The summed E-state index contributed by atoms with van der Waals surface area (Å²) < 4.78 is 33.9. The number of fused-ring (bicyclic) bond motifs is 1. The second kappa shape index (κ2) is 6.41. The highest BCUT2D eigenvalue weighted by molar-refractivity contribution is 9.10. The van der Waals surface area contributed by atoms with Crippen LogP contribution in [0, 0.1) is 0 Å². The third kappa shape index (κ3) is 3.28. The van der Waals surface area contributed by atoms with Gasteiger partial charge in [0.25, 0.3) is 0 Å². The van der Waals surface area contributed by atoms with E-state index in [1.807, 2.05) is 0 Å². The van der Waals surface area contributed by atoms with E-state index >= 15 is 0 Å². The van der Waals surface area contributed by atoms with Gasteiger partial charge in [-0.05, 0) is 25.0 Å². The molecule has 0 saturated carbocycles. The standard InChI is InChI=1S/C14H14BrClN2O3S/c15-9-1-2-11-12(7-9)17-8-13(14(11)16)22(19,20)18-10-3-5-21-6-4-10/h1-2,7-8,10,18H,3-6H2. The predicted octanol–water partition coefficient (Wildman–Crippen LogP) is 3.11. The van der Waals surface area contributed by atoms with Crippen molar-refractivity contribution in [2.75, 3.05) is 13.2 Å². The Morgan fingerprint density at radius 3 is 2.77 bits per heavy atom. The van der Waals surface area contributed by atoms with Gasteiger partial charge in [-0.25, -0.2) is 13.1 Å². The lowest BCUT2D eigenvalue weighted by Gasteiger charge is -2.23. The van der Waals surface area contributed by atoms with Gasteiger partial charge in [-0.2, -0.15) is 0 Å². The van der Waals surface area contributed by atoms with Crippen molar-refractivity contribution < 1.29 is 13.2 Å². The molecule has 1 aromatic carbocycles. The van der Waals surface area contributed by atoms with Gasteiger partial charge in [-0.3, -0.25) is 4.98 Å². The number of hydrogen-bond acceptors (Lipinski definition) is 4. The van der Waals surface area contributed by atoms with E-state index in [0.717, 1.165) is 4.47 Å². The fourth-order valence-electron chi connectivity index (χ4n) is 2.40. The van der Waals surface area contributed by atoms with Crippen LogP contribution >= 0.6 is 27.5 Å². The van der Waals surface area contributed by atoms with Crippen molar-refractivity contribution in [3.8, 4) is 0 Å². The summed E-state index contributed by atoms with van der Waals surface area (Å²) in [5, 5.41) is 0.803. The van der Waals surface area contributed by atoms with E-state index in [4.69, 9.17) is 16.3 Å². The molecule has 3 rings (SSSR count). The van der Waals surface area contributed by atoms with Crippen LogP contribution in [0.3, 0.4) is 0 Å². The Morgan fingerprint density at radius 2 is 2.05 bits per heavy atom. The van der Waals surface area contributed by atoms with E-state index in [2.05, 4.69) is 25.6 Å². The van der Waals surface area contributed by atoms with Crippen LogP contribution in [0.2, 0.25) is 5.02 Å². The lowest BCUT2D eigenvalue weighted by atomic mass is 10.1. The Bertz CT molecular complexity index is 807. The summed E-state index contributed by atoms with van der Waals surface area (Å²) in [6, 6.07) is 5.22. The highest BCUT2D eigenvalue weighted by Crippen LogP contribution is 2.30. The Balaban J connectivity index is 1.97. The van der Waals surface area contributed by atoms with E-state index < -0.39 is 10.0 Å². The van der Waals surface area contributed by atoms with E-state index in [0.29, 0.717) is 37.0 Å². The van der Waals surface area contributed by atoms with E-state index in [1.165, 1.54) is 6.20 Å². The number of nitrogens with one attached hydrogen (secondary N) is 1. The summed E-state index contributed by atoms with van der Waals surface area (Å²) >= 11 is 9.65. The number of nitrogens with zero attached hydrogens (tertiary/aromatic N) is 1. The van der Waals surface area contributed by atoms with Gasteiger partial charge in [-0.15, -0.1) is 0 Å². The first-order valence-electron chi connectivity index (χ1n) is 6.81. The van der Waals surface area contributed by atoms with Crippen LogP contribution in [0.1, 0.15) is 12.8 Å². The minimum absolute atomic E-state index is 0.00970. The molecular formula is C14H14BrClN2O3S. The van der Waals surface area contributed by atoms with Crippen LogP contribution in [-0.4, -0.2) is 32.7 Å². The molecule has 8 heteroatoms. The predicted molar refractivity (Wildman–Crippen MR) is 88.6 cm³/mol. The smallest absolute Gasteiger partial charge is 0.243 e. The molecule has 0 atom stereocenters. The molecule has 1 aliphatic rings. The SMILES string of the molecule is O=S(=O)(NC1CCOCC1)c1cnc2cc(Br)ccc2c1Cl. The molecule has 1 aromatic heterocycles. The topological polar surface area (TPSA) is 68.3 Å². The average molecular weight is 406 g/mol. The number of aromatic nitrogens is 1. The first-order valence-corrected chi connectivity index (χ1v) is 9.46. The number of rotatable bonds is 3. The number of benzene rings is 1. The zero-order chi connectivity index (χ0) is 15.7. The summed E-state index contributed by atoms with van der Waals surface area (Å²) in [4.78, 5) is 4.21. The fourth-order valence-corrected chi connectivity index (χ4v) is 4.60. The second-order valence-electron chi connectivity index (χ2n) is 5.11. The summed E-state index contributed by atoms with van der Waals surface area (Å²) in [6.07, 6.45) is 2.62. The molecule has 0 spiro atoms. The lowest BCUT2D eigenvalue weighted by Crippen LogP contribution is -2.39. The monoisotopic (exact) mass is 404 g/mol. The molecule has 118 valence electrons. The summed E-state index contributed by atoms with van der Waals surface area (Å²) in [5.74, 6) is 0. The fraction of sp³-hybridized carbons (Fsp3) is 0.357. The van der Waals surface area contributed by atoms with E-state index in [9.17, 15) is 8.42 Å². The minimum Gasteiger partial charge on any atom is -0.381 e. The molecule has 1 saturated heterocycles. The number of ether oxygens (including phenoxy) is 1. The van der Waals surface area contributed by atoms with E-state index in [1.54, 1.807) is 18.2 Å². The molecule has 0 unspecified atom stereocenters. The van der Waals surface area contributed by atoms with Crippen LogP contribution in [0.15, 0.2) is 33.8 Å². The van der Waals surface area contributed by atoms with Crippen molar-refractivity contribution in [3.63, 3.8) is 0 Å². The van der Waals surface area contributed by atoms with Gasteiger partial charge in [-0.1, -0.05) is 33.6 Å². The molecule has 0 radical (unpaired) electrons. The summed E-state index contributed by atoms with van der Waals surface area (Å²) in [6.45, 7) is 1.12. The molecular weight excluding hydrogens is 392 g/mol. The normalized spacial score (nSPS) is 17.0. The van der Waals surface area contributed by atoms with Crippen molar-refractivity contribution >= 4 is 48.5 Å². The Hall–Kier alpha value is -0.730. The minimum atomic E-state index is -3.70. The van der Waals surface area contributed by atoms with Crippen LogP contribution in [0.25, 0.3) is 10.9 Å². The zero-order valence-corrected chi connectivity index (χ0v) is 14.7. The Kier molecular flexibility index (Phi) is 4.70. The number of halogens is 2. The van der Waals surface area contributed by atoms with Gasteiger partial charge in [0.15, 0.2) is 0 Å². The quantitative estimate of drug-likeness (QED) is 0.852. The summed E-state index contributed by atoms with van der Waals surface area (Å²) in [7, 11) is -3.70. The van der Waals surface area contributed by atoms with Crippen LogP contribution < -0.4 is 4.72 Å². The van der Waals surface area contributed by atoms with Gasteiger partial charge >= 0.3 is 0 Å². The lowest BCUT2D eigenvalue weighted by molar-refractivity contribution is 0.0832. The number of sulfonamides is 1. The highest BCUT2D eigenvalue weighted by Gasteiger charge is 2.25. The maximum Gasteiger partial charge on any atom is 0.243 e. The van der Waals surface area contributed by atoms with Crippen LogP contribution in [0.5, 0.6) is 0 Å². The third-order valence-corrected chi connectivity index (χ3v) is 6.11. The van der Waals surface area contributed by atoms with Crippen molar-refractivity contribution in [2.24, 2.45) is 0 Å². The highest BCUT2D eigenvalue weighted by atomic mass is 79.9. The van der Waals surface area contributed by atoms with Gasteiger partial charge in [0.05, 0.1) is 10.5 Å². The molecule has 5 nitrogen and oxygen atoms in total. The Labute approximate surface area is 142 Å². The van der Waals surface area contributed by atoms with Gasteiger partial charge in [0.2, 0.25) is 10.0 Å². The third-order valence-electron chi connectivity index (χ3n) is 3.57. The van der Waals surface area contributed by atoms with Crippen molar-refractivity contribution in [2.45, 2.75) is 23.8 Å². The zero-order valence-electron chi connectivity index (χ0n) is 11.6. The van der Waals surface area contributed by atoms with Crippen molar-refractivity contribution in [1.29, 1.82) is 0 Å². The second-order valence-corrected chi connectivity index (χ2v) is 8.08. The number of hydrogen-bond donors (Lipinski definition) is 1. The summed E-state index contributed by atoms with van der Waals surface area (Å²) in [5.41, 5.74) is 0.643.